The van der Waals surface area contributed by atoms with Crippen LogP contribution in [0.2, 0.25) is 0 Å². The Bertz CT molecular complexity index is 654. The maximum atomic E-state index is 14.1. The molecule has 0 radical (unpaired) electrons. The lowest BCUT2D eigenvalue weighted by molar-refractivity contribution is 0.162. The van der Waals surface area contributed by atoms with Crippen molar-refractivity contribution in [3.8, 4) is 6.07 Å². The minimum Gasteiger partial charge on any atom is -0.299 e. The van der Waals surface area contributed by atoms with Crippen molar-refractivity contribution in [1.29, 1.82) is 5.26 Å². The fraction of sp³-hybridized carbons (Fsp3) is 0.438. The van der Waals surface area contributed by atoms with Crippen molar-refractivity contribution in [2.24, 2.45) is 5.92 Å². The molecule has 5 nitrogen and oxygen atoms in total. The van der Waals surface area contributed by atoms with Crippen LogP contribution in [0.5, 0.6) is 0 Å². The van der Waals surface area contributed by atoms with Crippen molar-refractivity contribution in [3.63, 3.8) is 0 Å². The van der Waals surface area contributed by atoms with E-state index < -0.39 is 0 Å². The van der Waals surface area contributed by atoms with Crippen LogP contribution in [0.3, 0.4) is 0 Å². The van der Waals surface area contributed by atoms with E-state index in [-0.39, 0.29) is 11.4 Å². The molecule has 0 unspecified atom stereocenters. The summed E-state index contributed by atoms with van der Waals surface area (Å²) in [5, 5.41) is 16.7. The minimum atomic E-state index is -0.380. The van der Waals surface area contributed by atoms with Gasteiger partial charge in [-0.05, 0) is 37.9 Å². The number of aromatic nitrogens is 3. The van der Waals surface area contributed by atoms with Gasteiger partial charge >= 0.3 is 0 Å². The Kier molecular flexibility index (Phi) is 4.45. The second-order valence-corrected chi connectivity index (χ2v) is 5.74. The summed E-state index contributed by atoms with van der Waals surface area (Å²) in [5.74, 6) is 0.211. The Morgan fingerprint density at radius 1 is 1.32 bits per heavy atom. The van der Waals surface area contributed by atoms with Crippen molar-refractivity contribution in [2.45, 2.75) is 25.9 Å². The quantitative estimate of drug-likeness (QED) is 0.868. The second kappa shape index (κ2) is 6.67. The smallest absolute Gasteiger partial charge is 0.145 e. The Labute approximate surface area is 129 Å². The highest BCUT2D eigenvalue weighted by Gasteiger charge is 2.21. The lowest BCUT2D eigenvalue weighted by Gasteiger charge is -2.31. The first-order valence-electron chi connectivity index (χ1n) is 7.50. The molecule has 2 aromatic rings. The molecule has 1 aromatic carbocycles. The van der Waals surface area contributed by atoms with Gasteiger partial charge in [-0.2, -0.15) is 5.26 Å². The molecule has 0 N–H and O–H groups in total. The third kappa shape index (κ3) is 3.31. The number of hydrogen-bond acceptors (Lipinski definition) is 4. The Balaban J connectivity index is 1.55. The molecule has 2 heterocycles. The maximum absolute atomic E-state index is 14.1. The number of halogens is 1. The molecule has 1 aromatic heterocycles. The molecule has 6 heteroatoms. The number of piperidine rings is 1. The molecule has 0 bridgehead atoms. The molecule has 0 spiro atoms. The first-order valence-corrected chi connectivity index (χ1v) is 7.50. The van der Waals surface area contributed by atoms with Gasteiger partial charge in [0.05, 0.1) is 11.8 Å². The van der Waals surface area contributed by atoms with Crippen molar-refractivity contribution < 1.29 is 4.39 Å². The molecule has 22 heavy (non-hydrogen) atoms. The lowest BCUT2D eigenvalue weighted by atomic mass is 9.96. The zero-order valence-electron chi connectivity index (χ0n) is 12.3. The number of nitriles is 1. The van der Waals surface area contributed by atoms with E-state index in [0.717, 1.165) is 32.5 Å². The van der Waals surface area contributed by atoms with Crippen LogP contribution in [0.4, 0.5) is 4.39 Å². The van der Waals surface area contributed by atoms with Gasteiger partial charge in [0.15, 0.2) is 0 Å². The van der Waals surface area contributed by atoms with Gasteiger partial charge in [-0.15, -0.1) is 5.10 Å². The normalized spacial score (nSPS) is 16.5. The third-order valence-corrected chi connectivity index (χ3v) is 4.22. The predicted molar refractivity (Wildman–Crippen MR) is 79.1 cm³/mol. The molecule has 1 fully saturated rings. The molecule has 0 aliphatic carbocycles. The number of likely N-dealkylation sites (tertiary alicyclic amines) is 1. The molecule has 0 amide bonds. The molecule has 1 aliphatic heterocycles. The van der Waals surface area contributed by atoms with Gasteiger partial charge in [-0.25, -0.2) is 4.39 Å². The Morgan fingerprint density at radius 3 is 2.82 bits per heavy atom. The van der Waals surface area contributed by atoms with Crippen LogP contribution in [-0.4, -0.2) is 33.0 Å². The zero-order valence-corrected chi connectivity index (χ0v) is 12.3. The summed E-state index contributed by atoms with van der Waals surface area (Å²) in [7, 11) is 0. The zero-order chi connectivity index (χ0) is 15.4. The van der Waals surface area contributed by atoms with Crippen molar-refractivity contribution in [3.05, 3.63) is 47.5 Å². The van der Waals surface area contributed by atoms with Crippen LogP contribution in [0, 0.1) is 23.1 Å². The molecule has 1 aliphatic rings. The minimum absolute atomic E-state index is 0.124. The van der Waals surface area contributed by atoms with E-state index >= 15 is 0 Å². The summed E-state index contributed by atoms with van der Waals surface area (Å²) in [6.45, 7) is 3.34. The van der Waals surface area contributed by atoms with Gasteiger partial charge in [0.25, 0.3) is 0 Å². The number of nitrogens with zero attached hydrogens (tertiary/aromatic N) is 5. The highest BCUT2D eigenvalue weighted by atomic mass is 19.1. The largest absolute Gasteiger partial charge is 0.299 e. The van der Waals surface area contributed by atoms with Crippen LogP contribution < -0.4 is 0 Å². The van der Waals surface area contributed by atoms with E-state index in [1.807, 2.05) is 16.9 Å². The maximum Gasteiger partial charge on any atom is 0.145 e. The summed E-state index contributed by atoms with van der Waals surface area (Å²) >= 11 is 0. The van der Waals surface area contributed by atoms with E-state index in [9.17, 15) is 4.39 Å². The van der Waals surface area contributed by atoms with Crippen molar-refractivity contribution >= 4 is 0 Å². The molecular weight excluding hydrogens is 281 g/mol. The standard InChI is InChI=1S/C16H18FN5/c17-16-14(10-18)2-1-3-15(16)12-21-7-4-13(5-8-21)11-22-9-6-19-20-22/h1-3,6,9,13H,4-5,7-8,11-12H2. The molecule has 0 atom stereocenters. The lowest BCUT2D eigenvalue weighted by Crippen LogP contribution is -2.34. The summed E-state index contributed by atoms with van der Waals surface area (Å²) < 4.78 is 16.0. The first kappa shape index (κ1) is 14.7. The van der Waals surface area contributed by atoms with Gasteiger partial charge in [0.1, 0.15) is 11.9 Å². The third-order valence-electron chi connectivity index (χ3n) is 4.22. The highest BCUT2D eigenvalue weighted by Crippen LogP contribution is 2.22. The summed E-state index contributed by atoms with van der Waals surface area (Å²) in [6.07, 6.45) is 5.72. The van der Waals surface area contributed by atoms with Gasteiger partial charge in [0.2, 0.25) is 0 Å². The van der Waals surface area contributed by atoms with E-state index in [1.165, 1.54) is 6.07 Å². The van der Waals surface area contributed by atoms with Crippen LogP contribution in [0.15, 0.2) is 30.6 Å². The fourth-order valence-corrected chi connectivity index (χ4v) is 2.95. The number of benzene rings is 1. The predicted octanol–water partition coefficient (Wildman–Crippen LogP) is 2.20. The van der Waals surface area contributed by atoms with Crippen LogP contribution in [0.1, 0.15) is 24.0 Å². The summed E-state index contributed by atoms with van der Waals surface area (Å²) in [6, 6.07) is 6.92. The molecule has 1 saturated heterocycles. The van der Waals surface area contributed by atoms with Gasteiger partial charge < -0.3 is 0 Å². The van der Waals surface area contributed by atoms with E-state index in [4.69, 9.17) is 5.26 Å². The van der Waals surface area contributed by atoms with Gasteiger partial charge in [0, 0.05) is 24.8 Å². The Morgan fingerprint density at radius 2 is 2.14 bits per heavy atom. The SMILES string of the molecule is N#Cc1cccc(CN2CCC(Cn3ccnn3)CC2)c1F. The second-order valence-electron chi connectivity index (χ2n) is 5.74. The van der Waals surface area contributed by atoms with Crippen LogP contribution >= 0.6 is 0 Å². The Hall–Kier alpha value is -2.26. The average Bonchev–Trinajstić information content (AvgIpc) is 3.04. The van der Waals surface area contributed by atoms with E-state index in [2.05, 4.69) is 15.2 Å². The topological polar surface area (TPSA) is 57.7 Å². The highest BCUT2D eigenvalue weighted by molar-refractivity contribution is 5.34. The van der Waals surface area contributed by atoms with E-state index in [1.54, 1.807) is 18.3 Å². The monoisotopic (exact) mass is 299 g/mol. The molecule has 114 valence electrons. The molecule has 3 rings (SSSR count). The molecular formula is C16H18FN5. The number of rotatable bonds is 4. The van der Waals surface area contributed by atoms with Crippen molar-refractivity contribution in [1.82, 2.24) is 19.9 Å². The average molecular weight is 299 g/mol. The van der Waals surface area contributed by atoms with Gasteiger partial charge in [-0.3, -0.25) is 9.58 Å². The molecule has 0 saturated carbocycles. The fourth-order valence-electron chi connectivity index (χ4n) is 2.95. The van der Waals surface area contributed by atoms with E-state index in [0.29, 0.717) is 18.0 Å². The summed E-state index contributed by atoms with van der Waals surface area (Å²) in [5.41, 5.74) is 0.729. The summed E-state index contributed by atoms with van der Waals surface area (Å²) in [4.78, 5) is 2.25. The van der Waals surface area contributed by atoms with Crippen LogP contribution in [-0.2, 0) is 13.1 Å². The van der Waals surface area contributed by atoms with Gasteiger partial charge in [-0.1, -0.05) is 17.3 Å². The van der Waals surface area contributed by atoms with Crippen LogP contribution in [0.25, 0.3) is 0 Å². The number of hydrogen-bond donors (Lipinski definition) is 0. The van der Waals surface area contributed by atoms with Crippen molar-refractivity contribution in [2.75, 3.05) is 13.1 Å². The first-order chi connectivity index (χ1) is 10.8.